The average molecular weight is 675 g/mol. The van der Waals surface area contributed by atoms with Gasteiger partial charge >= 0.3 is 17.9 Å². The van der Waals surface area contributed by atoms with Gasteiger partial charge in [0.1, 0.15) is 0 Å². The molecule has 274 valence electrons. The van der Waals surface area contributed by atoms with Crippen molar-refractivity contribution in [1.82, 2.24) is 0 Å². The summed E-state index contributed by atoms with van der Waals surface area (Å²) >= 11 is 0. The number of hydrogen-bond acceptors (Lipinski definition) is 8. The van der Waals surface area contributed by atoms with Crippen molar-refractivity contribution in [3.05, 3.63) is 0 Å². The molecule has 0 aromatic carbocycles. The molecule has 4 saturated carbocycles. The molecule has 48 heavy (non-hydrogen) atoms. The molecule has 0 radical (unpaired) electrons. The Morgan fingerprint density at radius 3 is 2.06 bits per heavy atom. The molecule has 1 unspecified atom stereocenters. The fourth-order valence-electron chi connectivity index (χ4n) is 12.0. The third-order valence-electron chi connectivity index (χ3n) is 14.5. The summed E-state index contributed by atoms with van der Waals surface area (Å²) in [7, 11) is 0. The van der Waals surface area contributed by atoms with E-state index in [2.05, 4.69) is 41.5 Å². The Labute approximate surface area is 290 Å². The highest BCUT2D eigenvalue weighted by Crippen LogP contribution is 2.68. The molecular formula is C40H66O8. The van der Waals surface area contributed by atoms with E-state index in [1.54, 1.807) is 0 Å². The van der Waals surface area contributed by atoms with Crippen molar-refractivity contribution in [2.24, 2.45) is 58.2 Å². The minimum atomic E-state index is -1.03. The third kappa shape index (κ3) is 7.65. The molecular weight excluding hydrogens is 608 g/mol. The Morgan fingerprint density at radius 2 is 1.42 bits per heavy atom. The number of rotatable bonds is 11. The smallest absolute Gasteiger partial charge is 0.303 e. The van der Waals surface area contributed by atoms with Gasteiger partial charge in [0.25, 0.3) is 0 Å². The van der Waals surface area contributed by atoms with Gasteiger partial charge in [0.2, 0.25) is 0 Å². The van der Waals surface area contributed by atoms with Crippen LogP contribution in [0.15, 0.2) is 0 Å². The van der Waals surface area contributed by atoms with Crippen LogP contribution >= 0.6 is 0 Å². The zero-order valence-electron chi connectivity index (χ0n) is 31.5. The number of fused-ring (bicyclic) bond motifs is 5. The van der Waals surface area contributed by atoms with Crippen LogP contribution in [-0.4, -0.2) is 55.2 Å². The van der Waals surface area contributed by atoms with Crippen LogP contribution in [0.1, 0.15) is 139 Å². The van der Waals surface area contributed by atoms with Crippen LogP contribution in [0.4, 0.5) is 0 Å². The van der Waals surface area contributed by atoms with Crippen molar-refractivity contribution in [1.29, 1.82) is 0 Å². The predicted octanol–water partition coefficient (Wildman–Crippen LogP) is 8.28. The molecule has 0 bridgehead atoms. The van der Waals surface area contributed by atoms with Crippen LogP contribution < -0.4 is 0 Å². The lowest BCUT2D eigenvalue weighted by molar-refractivity contribution is -0.296. The molecule has 0 amide bonds. The molecule has 0 aromatic rings. The maximum absolute atomic E-state index is 12.1. The number of esters is 3. The fourth-order valence-corrected chi connectivity index (χ4v) is 12.0. The van der Waals surface area contributed by atoms with Gasteiger partial charge in [-0.1, -0.05) is 54.4 Å². The molecule has 0 N–H and O–H groups in total. The van der Waals surface area contributed by atoms with Crippen LogP contribution in [0.2, 0.25) is 0 Å². The molecule has 4 aliphatic carbocycles. The van der Waals surface area contributed by atoms with Gasteiger partial charge in [-0.3, -0.25) is 14.4 Å². The first-order valence-corrected chi connectivity index (χ1v) is 19.5. The number of ether oxygens (including phenoxy) is 5. The first kappa shape index (κ1) is 37.6. The monoisotopic (exact) mass is 674 g/mol. The van der Waals surface area contributed by atoms with Crippen molar-refractivity contribution < 1.29 is 38.1 Å². The summed E-state index contributed by atoms with van der Waals surface area (Å²) < 4.78 is 29.2. The van der Waals surface area contributed by atoms with Crippen molar-refractivity contribution in [2.45, 2.75) is 170 Å². The quantitative estimate of drug-likeness (QED) is 0.123. The summed E-state index contributed by atoms with van der Waals surface area (Å²) in [4.78, 5) is 36.0. The van der Waals surface area contributed by atoms with Crippen LogP contribution in [0.25, 0.3) is 0 Å². The first-order valence-electron chi connectivity index (χ1n) is 19.5. The van der Waals surface area contributed by atoms with Crippen LogP contribution in [0.5, 0.6) is 0 Å². The molecule has 5 aliphatic rings. The molecule has 1 heterocycles. The minimum Gasteiger partial charge on any atom is -0.456 e. The SMILES string of the molecule is CC[C@H](CC[C@@H](C)[C@H]1CC[C@H]2[C@@H]3CC[C@H]4C[C@@H](OC5OC[C@@H](OC(C)=O)[C@H](OC(C)=O)[C@H]5OC(C)=O)CC[C@]4(C)[C@H]3CC[C@]12C)C(C)C. The van der Waals surface area contributed by atoms with Gasteiger partial charge in [-0.05, 0) is 122 Å². The zero-order chi connectivity index (χ0) is 35.0. The lowest BCUT2D eigenvalue weighted by Gasteiger charge is -2.61. The van der Waals surface area contributed by atoms with Gasteiger partial charge in [0.05, 0.1) is 12.7 Å². The molecule has 5 rings (SSSR count). The van der Waals surface area contributed by atoms with Crippen molar-refractivity contribution in [2.75, 3.05) is 6.61 Å². The van der Waals surface area contributed by atoms with E-state index in [1.165, 1.54) is 78.6 Å². The fraction of sp³-hybridized carbons (Fsp3) is 0.925. The van der Waals surface area contributed by atoms with E-state index < -0.39 is 42.5 Å². The van der Waals surface area contributed by atoms with E-state index in [1.807, 2.05) is 0 Å². The Kier molecular flexibility index (Phi) is 12.0. The second kappa shape index (κ2) is 15.3. The van der Waals surface area contributed by atoms with E-state index in [0.29, 0.717) is 16.7 Å². The van der Waals surface area contributed by atoms with Gasteiger partial charge < -0.3 is 23.7 Å². The lowest BCUT2D eigenvalue weighted by atomic mass is 9.44. The van der Waals surface area contributed by atoms with E-state index in [0.717, 1.165) is 60.7 Å². The van der Waals surface area contributed by atoms with E-state index in [-0.39, 0.29) is 12.7 Å². The van der Waals surface area contributed by atoms with Gasteiger partial charge in [-0.2, -0.15) is 0 Å². The van der Waals surface area contributed by atoms with Gasteiger partial charge in [-0.15, -0.1) is 0 Å². The van der Waals surface area contributed by atoms with Gasteiger partial charge in [0, 0.05) is 20.8 Å². The highest BCUT2D eigenvalue weighted by Gasteiger charge is 2.61. The van der Waals surface area contributed by atoms with E-state index in [4.69, 9.17) is 23.7 Å². The molecule has 0 spiro atoms. The normalized spacial score (nSPS) is 42.1. The highest BCUT2D eigenvalue weighted by molar-refractivity contribution is 5.68. The molecule has 1 aliphatic heterocycles. The number of hydrogen-bond donors (Lipinski definition) is 0. The predicted molar refractivity (Wildman–Crippen MR) is 184 cm³/mol. The first-order chi connectivity index (χ1) is 22.7. The minimum absolute atomic E-state index is 0.00570. The molecule has 8 nitrogen and oxygen atoms in total. The standard InChI is InChI=1S/C40H66O8/c1-10-28(23(2)3)12-11-24(4)32-15-16-33-31-14-13-29-21-30(17-19-39(29,8)34(31)18-20-40(32,33)9)48-38-37(47-27(7)43)36(46-26(6)42)35(22-44-38)45-25(5)41/h23-24,28-38H,10-22H2,1-9H3/t24-,28-,29+,30+,31+,32-,33+,34+,35-,36+,37-,38?,39+,40-/m1/s1. The summed E-state index contributed by atoms with van der Waals surface area (Å²) in [5.41, 5.74) is 0.791. The molecule has 0 aromatic heterocycles. The Balaban J connectivity index is 1.23. The summed E-state index contributed by atoms with van der Waals surface area (Å²) in [6.45, 7) is 18.9. The summed E-state index contributed by atoms with van der Waals surface area (Å²) in [5.74, 6) is 4.72. The second-order valence-corrected chi connectivity index (χ2v) is 17.4. The number of carbonyl (C=O) groups excluding carboxylic acids is 3. The maximum Gasteiger partial charge on any atom is 0.303 e. The Morgan fingerprint density at radius 1 is 0.771 bits per heavy atom. The van der Waals surface area contributed by atoms with Gasteiger partial charge in [-0.25, -0.2) is 0 Å². The topological polar surface area (TPSA) is 97.4 Å². The van der Waals surface area contributed by atoms with Crippen molar-refractivity contribution in [3.63, 3.8) is 0 Å². The van der Waals surface area contributed by atoms with Crippen LogP contribution in [0, 0.1) is 58.2 Å². The average Bonchev–Trinajstić information content (AvgIpc) is 3.37. The van der Waals surface area contributed by atoms with Crippen LogP contribution in [-0.2, 0) is 38.1 Å². The van der Waals surface area contributed by atoms with Crippen molar-refractivity contribution in [3.8, 4) is 0 Å². The van der Waals surface area contributed by atoms with E-state index >= 15 is 0 Å². The number of carbonyl (C=O) groups is 3. The molecule has 14 atom stereocenters. The lowest BCUT2D eigenvalue weighted by Crippen LogP contribution is -2.59. The van der Waals surface area contributed by atoms with E-state index in [9.17, 15) is 14.4 Å². The largest absolute Gasteiger partial charge is 0.456 e. The summed E-state index contributed by atoms with van der Waals surface area (Å²) in [5, 5.41) is 0. The summed E-state index contributed by atoms with van der Waals surface area (Å²) in [6.07, 6.45) is 11.3. The zero-order valence-corrected chi connectivity index (χ0v) is 31.5. The molecule has 1 saturated heterocycles. The summed E-state index contributed by atoms with van der Waals surface area (Å²) in [6, 6.07) is 0. The molecule has 8 heteroatoms. The van der Waals surface area contributed by atoms with Gasteiger partial charge in [0.15, 0.2) is 24.6 Å². The highest BCUT2D eigenvalue weighted by atomic mass is 16.7. The Bertz CT molecular complexity index is 1140. The van der Waals surface area contributed by atoms with Crippen molar-refractivity contribution >= 4 is 17.9 Å². The van der Waals surface area contributed by atoms with Crippen LogP contribution in [0.3, 0.4) is 0 Å². The maximum atomic E-state index is 12.1. The second-order valence-electron chi connectivity index (χ2n) is 17.4. The third-order valence-corrected chi connectivity index (χ3v) is 14.5. The molecule has 5 fully saturated rings. The Hall–Kier alpha value is -1.67.